The number of allylic oxidation sites excluding steroid dienone is 1. The highest BCUT2D eigenvalue weighted by Gasteiger charge is 2.73. The van der Waals surface area contributed by atoms with Gasteiger partial charge in [0.2, 0.25) is 5.91 Å². The Bertz CT molecular complexity index is 2200. The van der Waals surface area contributed by atoms with Gasteiger partial charge in [0, 0.05) is 25.0 Å². The predicted molar refractivity (Wildman–Crippen MR) is 251 cm³/mol. The number of aromatic nitrogens is 2. The monoisotopic (exact) mass is 877 g/mol. The predicted octanol–water partition coefficient (Wildman–Crippen LogP) is 11.1. The summed E-state index contributed by atoms with van der Waals surface area (Å²) < 4.78 is 8.98. The van der Waals surface area contributed by atoms with Crippen LogP contribution in [-0.2, 0) is 25.7 Å². The summed E-state index contributed by atoms with van der Waals surface area (Å²) in [4.78, 5) is 51.9. The molecule has 0 spiro atoms. The van der Waals surface area contributed by atoms with E-state index in [4.69, 9.17) is 9.72 Å². The van der Waals surface area contributed by atoms with E-state index in [1.807, 2.05) is 13.8 Å². The summed E-state index contributed by atoms with van der Waals surface area (Å²) in [6, 6.07) is 8.62. The van der Waals surface area contributed by atoms with Crippen LogP contribution in [0.1, 0.15) is 164 Å². The first-order valence-electron chi connectivity index (χ1n) is 25.9. The molecule has 1 N–H and O–H groups in total. The highest BCUT2D eigenvalue weighted by Crippen LogP contribution is 2.78. The van der Waals surface area contributed by atoms with Crippen molar-refractivity contribution in [3.8, 4) is 0 Å². The molecule has 1 amide bonds. The Hall–Kier alpha value is -3.20. The molecule has 6 saturated carbocycles. The van der Waals surface area contributed by atoms with Gasteiger partial charge in [-0.1, -0.05) is 72.8 Å². The molecular formula is C55H80N4O5. The molecule has 0 bridgehead atoms. The van der Waals surface area contributed by atoms with E-state index in [0.29, 0.717) is 41.9 Å². The number of likely N-dealkylation sites (tertiary alicyclic amines) is 2. The number of carboxylic acid groups (broad SMARTS) is 1. The molecule has 2 saturated heterocycles. The van der Waals surface area contributed by atoms with Gasteiger partial charge in [-0.25, -0.2) is 4.98 Å². The molecule has 2 aliphatic heterocycles. The van der Waals surface area contributed by atoms with Crippen LogP contribution < -0.4 is 0 Å². The van der Waals surface area contributed by atoms with Crippen LogP contribution in [0.4, 0.5) is 0 Å². The second-order valence-electron chi connectivity index (χ2n) is 24.9. The molecule has 0 radical (unpaired) electrons. The molecule has 64 heavy (non-hydrogen) atoms. The number of ether oxygens (including phenoxy) is 1. The molecule has 2 aromatic rings. The summed E-state index contributed by atoms with van der Waals surface area (Å²) in [5, 5.41) is 9.74. The number of nitrogens with zero attached hydrogens (tertiary/aromatic N) is 4. The van der Waals surface area contributed by atoms with Crippen LogP contribution >= 0.6 is 0 Å². The smallest absolute Gasteiger partial charge is 0.309 e. The molecule has 1 aromatic carbocycles. The summed E-state index contributed by atoms with van der Waals surface area (Å²) in [6.07, 6.45) is 15.4. The summed E-state index contributed by atoms with van der Waals surface area (Å²) in [5.41, 5.74) is 2.73. The highest BCUT2D eigenvalue weighted by molar-refractivity contribution is 5.85. The number of para-hydroxylation sites is 2. The van der Waals surface area contributed by atoms with Gasteiger partial charge in [-0.15, -0.1) is 0 Å². The minimum Gasteiger partial charge on any atom is -0.481 e. The van der Waals surface area contributed by atoms with Crippen LogP contribution in [0.5, 0.6) is 0 Å². The third-order valence-electron chi connectivity index (χ3n) is 21.9. The average molecular weight is 877 g/mol. The molecule has 350 valence electrons. The van der Waals surface area contributed by atoms with E-state index in [2.05, 4.69) is 86.8 Å². The zero-order chi connectivity index (χ0) is 45.4. The molecule has 3 heterocycles. The summed E-state index contributed by atoms with van der Waals surface area (Å²) in [6.45, 7) is 28.5. The first-order chi connectivity index (χ1) is 30.3. The highest BCUT2D eigenvalue weighted by atomic mass is 16.5. The van der Waals surface area contributed by atoms with E-state index in [1.54, 1.807) is 0 Å². The van der Waals surface area contributed by atoms with Crippen LogP contribution in [0.2, 0.25) is 0 Å². The second kappa shape index (κ2) is 15.4. The molecule has 9 heteroatoms. The first kappa shape index (κ1) is 44.6. The molecule has 9 nitrogen and oxygen atoms in total. The van der Waals surface area contributed by atoms with Crippen LogP contribution in [0.15, 0.2) is 36.4 Å². The maximum Gasteiger partial charge on any atom is 0.309 e. The second-order valence-corrected chi connectivity index (χ2v) is 24.9. The normalized spacial score (nSPS) is 42.2. The van der Waals surface area contributed by atoms with Gasteiger partial charge in [0.15, 0.2) is 0 Å². The van der Waals surface area contributed by atoms with Gasteiger partial charge < -0.3 is 24.2 Å². The van der Waals surface area contributed by atoms with E-state index in [0.717, 1.165) is 95.2 Å². The van der Waals surface area contributed by atoms with E-state index >= 15 is 4.79 Å². The number of aliphatic carboxylic acids is 1. The maximum atomic E-state index is 15.9. The van der Waals surface area contributed by atoms with Crippen molar-refractivity contribution in [3.63, 3.8) is 0 Å². The van der Waals surface area contributed by atoms with Crippen molar-refractivity contribution in [3.05, 3.63) is 42.2 Å². The van der Waals surface area contributed by atoms with Crippen LogP contribution in [-0.4, -0.2) is 74.6 Å². The van der Waals surface area contributed by atoms with Gasteiger partial charge in [-0.3, -0.25) is 14.4 Å². The van der Waals surface area contributed by atoms with Crippen LogP contribution in [0.25, 0.3) is 11.0 Å². The third kappa shape index (κ3) is 6.28. The number of rotatable bonds is 9. The minimum atomic E-state index is -0.814. The average Bonchev–Trinajstić information content (AvgIpc) is 4.07. The fourth-order valence-electron chi connectivity index (χ4n) is 18.1. The maximum absolute atomic E-state index is 15.9. The largest absolute Gasteiger partial charge is 0.481 e. The van der Waals surface area contributed by atoms with Gasteiger partial charge in [-0.2, -0.15) is 0 Å². The van der Waals surface area contributed by atoms with Crippen molar-refractivity contribution in [1.82, 2.24) is 19.4 Å². The Balaban J connectivity index is 0.914. The lowest BCUT2D eigenvalue weighted by atomic mass is 9.32. The number of esters is 1. The summed E-state index contributed by atoms with van der Waals surface area (Å²) in [5.74, 6) is 1.76. The van der Waals surface area contributed by atoms with E-state index < -0.39 is 17.3 Å². The van der Waals surface area contributed by atoms with E-state index in [1.165, 1.54) is 49.9 Å². The Morgan fingerprint density at radius 3 is 2.25 bits per heavy atom. The minimum absolute atomic E-state index is 0.00814. The number of carbonyl (C=O) groups excluding carboxylic acids is 2. The Morgan fingerprint density at radius 1 is 0.781 bits per heavy atom. The zero-order valence-electron chi connectivity index (χ0n) is 40.7. The topological polar surface area (TPSA) is 105 Å². The van der Waals surface area contributed by atoms with Gasteiger partial charge >= 0.3 is 11.9 Å². The molecule has 8 aliphatic rings. The Labute approximate surface area is 383 Å². The van der Waals surface area contributed by atoms with Crippen molar-refractivity contribution in [2.75, 3.05) is 26.2 Å². The van der Waals surface area contributed by atoms with Gasteiger partial charge in [0.25, 0.3) is 0 Å². The number of amides is 1. The van der Waals surface area contributed by atoms with Crippen LogP contribution in [0, 0.1) is 73.9 Å². The molecule has 13 atom stereocenters. The molecule has 10 rings (SSSR count). The fraction of sp³-hybridized carbons (Fsp3) is 0.782. The standard InChI is InChI=1S/C55H80N4O5/c1-34(2)35-20-25-55(49(63)59-30-14-17-41(59)46-56-39-15-10-11-16-40(39)58(46)32-31-57-28-12-13-29-57)27-26-53(8)36(45(35)55)18-19-43-52(7)23-22-44(51(5,6)42(52)21-24-54(43,53)9)64-48(62)38-33-37(47(60)61)50(38,3)4/h10-11,15-16,35-38,41-45H,1,12-14,17-33H2,2-9H3,(H,60,61)/t35-,36+,37-,38+,41-,42?,43?,44-,45?,52-,53+,54+,55-/m0/s1. The van der Waals surface area contributed by atoms with Crippen molar-refractivity contribution >= 4 is 28.9 Å². The molecule has 8 fully saturated rings. The van der Waals surface area contributed by atoms with Crippen molar-refractivity contribution in [1.29, 1.82) is 0 Å². The lowest BCUT2D eigenvalue weighted by Crippen LogP contribution is -2.67. The number of fused-ring (bicyclic) bond motifs is 8. The van der Waals surface area contributed by atoms with Crippen molar-refractivity contribution in [2.24, 2.45) is 73.9 Å². The number of carbonyl (C=O) groups is 3. The quantitative estimate of drug-likeness (QED) is 0.198. The molecular weight excluding hydrogens is 797 g/mol. The Morgan fingerprint density at radius 2 is 1.53 bits per heavy atom. The zero-order valence-corrected chi connectivity index (χ0v) is 40.7. The first-order valence-corrected chi connectivity index (χ1v) is 25.9. The SMILES string of the molecule is C=C(C)[C@@H]1CC[C@]2(C(=O)N3CCC[C@H]3c3nc4ccccc4n3CCN3CCCC3)CC[C@]3(C)[C@H](CCC4[C@@]5(C)CC[C@H](OC(=O)[C@H]6C[C@@H](C(=O)O)C6(C)C)C(C)(C)C5CC[C@]43C)C12. The van der Waals surface area contributed by atoms with E-state index in [-0.39, 0.29) is 51.1 Å². The van der Waals surface area contributed by atoms with Crippen LogP contribution in [0.3, 0.4) is 0 Å². The molecule has 1 aromatic heterocycles. The fourth-order valence-corrected chi connectivity index (χ4v) is 18.1. The number of benzene rings is 1. The van der Waals surface area contributed by atoms with Crippen molar-refractivity contribution in [2.45, 2.75) is 170 Å². The van der Waals surface area contributed by atoms with Gasteiger partial charge in [-0.05, 0) is 180 Å². The molecule has 6 aliphatic carbocycles. The van der Waals surface area contributed by atoms with E-state index in [9.17, 15) is 14.7 Å². The third-order valence-corrected chi connectivity index (χ3v) is 21.9. The number of carboxylic acids is 1. The van der Waals surface area contributed by atoms with Crippen molar-refractivity contribution < 1.29 is 24.2 Å². The van der Waals surface area contributed by atoms with Gasteiger partial charge in [0.05, 0.1) is 34.3 Å². The lowest BCUT2D eigenvalue weighted by Gasteiger charge is -2.73. The lowest BCUT2D eigenvalue weighted by molar-refractivity contribution is -0.251. The number of hydrogen-bond donors (Lipinski definition) is 1. The number of imidazole rings is 1. The summed E-state index contributed by atoms with van der Waals surface area (Å²) in [7, 11) is 0. The Kier molecular flexibility index (Phi) is 10.8. The molecule has 3 unspecified atom stereocenters. The summed E-state index contributed by atoms with van der Waals surface area (Å²) >= 11 is 0. The number of hydrogen-bond acceptors (Lipinski definition) is 6. The van der Waals surface area contributed by atoms with Gasteiger partial charge in [0.1, 0.15) is 11.9 Å².